The molecule has 0 aliphatic carbocycles. The van der Waals surface area contributed by atoms with E-state index >= 15 is 0 Å². The number of benzene rings is 2. The summed E-state index contributed by atoms with van der Waals surface area (Å²) in [7, 11) is 2.03. The number of hydrogen-bond donors (Lipinski definition) is 1. The molecule has 3 aromatic rings. The standard InChI is InChI=1S/C18H20N4OS/c1-21(12-13-23-16-10-6-3-7-11-16)14-22-18(24)19-17(20-22)15-8-4-2-5-9-15/h2-11H,12-14H2,1H3,(H,19,20,24). The normalized spacial score (nSPS) is 10.9. The van der Waals surface area contributed by atoms with Crippen LogP contribution in [0.4, 0.5) is 0 Å². The largest absolute Gasteiger partial charge is 0.492 e. The molecule has 6 heteroatoms. The Labute approximate surface area is 146 Å². The van der Waals surface area contributed by atoms with Gasteiger partial charge in [-0.3, -0.25) is 10.00 Å². The van der Waals surface area contributed by atoms with Gasteiger partial charge in [0.1, 0.15) is 12.4 Å². The number of ether oxygens (including phenoxy) is 1. The fourth-order valence-corrected chi connectivity index (χ4v) is 2.52. The molecule has 0 atom stereocenters. The topological polar surface area (TPSA) is 46.1 Å². The average molecular weight is 340 g/mol. The van der Waals surface area contributed by atoms with E-state index in [1.165, 1.54) is 0 Å². The summed E-state index contributed by atoms with van der Waals surface area (Å²) in [6.07, 6.45) is 0. The third-order valence-corrected chi connectivity index (χ3v) is 3.91. The Morgan fingerprint density at radius 3 is 2.46 bits per heavy atom. The van der Waals surface area contributed by atoms with E-state index in [9.17, 15) is 0 Å². The molecule has 0 aliphatic heterocycles. The first kappa shape index (κ1) is 16.4. The van der Waals surface area contributed by atoms with Crippen LogP contribution < -0.4 is 4.74 Å². The van der Waals surface area contributed by atoms with Crippen LogP contribution in [0, 0.1) is 4.77 Å². The highest BCUT2D eigenvalue weighted by Crippen LogP contribution is 2.13. The number of H-pyrrole nitrogens is 1. The van der Waals surface area contributed by atoms with Crippen LogP contribution in [-0.2, 0) is 6.67 Å². The Hall–Kier alpha value is -2.44. The van der Waals surface area contributed by atoms with Gasteiger partial charge in [0.15, 0.2) is 5.82 Å². The number of aromatic nitrogens is 3. The summed E-state index contributed by atoms with van der Waals surface area (Å²) in [5.74, 6) is 1.67. The molecule has 0 saturated heterocycles. The van der Waals surface area contributed by atoms with Crippen LogP contribution in [0.3, 0.4) is 0 Å². The lowest BCUT2D eigenvalue weighted by molar-refractivity contribution is 0.198. The summed E-state index contributed by atoms with van der Waals surface area (Å²) in [6, 6.07) is 19.8. The molecular formula is C18H20N4OS. The molecule has 24 heavy (non-hydrogen) atoms. The summed E-state index contributed by atoms with van der Waals surface area (Å²) >= 11 is 5.34. The average Bonchev–Trinajstić information content (AvgIpc) is 2.97. The second kappa shape index (κ2) is 7.90. The number of hydrogen-bond acceptors (Lipinski definition) is 4. The maximum atomic E-state index is 5.72. The van der Waals surface area contributed by atoms with Gasteiger partial charge in [-0.2, -0.15) is 4.98 Å². The zero-order valence-corrected chi connectivity index (χ0v) is 14.4. The number of likely N-dealkylation sites (N-methyl/N-ethyl adjacent to an activating group) is 1. The van der Waals surface area contributed by atoms with Crippen LogP contribution in [0.5, 0.6) is 5.75 Å². The van der Waals surface area contributed by atoms with E-state index in [0.29, 0.717) is 18.0 Å². The van der Waals surface area contributed by atoms with Crippen molar-refractivity contribution in [2.45, 2.75) is 6.67 Å². The molecule has 0 saturated carbocycles. The molecule has 0 fully saturated rings. The van der Waals surface area contributed by atoms with Crippen molar-refractivity contribution in [2.24, 2.45) is 0 Å². The van der Waals surface area contributed by atoms with E-state index in [4.69, 9.17) is 17.0 Å². The summed E-state index contributed by atoms with van der Waals surface area (Å²) < 4.78 is 8.12. The maximum Gasteiger partial charge on any atom is 0.217 e. The molecule has 0 amide bonds. The second-order valence-electron chi connectivity index (χ2n) is 5.53. The number of para-hydroxylation sites is 1. The van der Waals surface area contributed by atoms with Crippen molar-refractivity contribution >= 4 is 12.2 Å². The first-order valence-electron chi connectivity index (χ1n) is 7.81. The number of nitrogens with zero attached hydrogens (tertiary/aromatic N) is 3. The highest BCUT2D eigenvalue weighted by molar-refractivity contribution is 7.71. The van der Waals surface area contributed by atoms with Crippen LogP contribution >= 0.6 is 12.2 Å². The van der Waals surface area contributed by atoms with E-state index < -0.39 is 0 Å². The van der Waals surface area contributed by atoms with Gasteiger partial charge < -0.3 is 4.74 Å². The van der Waals surface area contributed by atoms with Crippen LogP contribution in [0.25, 0.3) is 11.4 Å². The minimum atomic E-state index is 0.546. The third kappa shape index (κ3) is 4.31. The minimum absolute atomic E-state index is 0.546. The summed E-state index contributed by atoms with van der Waals surface area (Å²) in [6.45, 7) is 2.04. The Kier molecular flexibility index (Phi) is 5.40. The highest BCUT2D eigenvalue weighted by Gasteiger charge is 2.07. The van der Waals surface area contributed by atoms with Crippen molar-refractivity contribution in [3.63, 3.8) is 0 Å². The van der Waals surface area contributed by atoms with E-state index in [0.717, 1.165) is 23.7 Å². The molecular weight excluding hydrogens is 320 g/mol. The van der Waals surface area contributed by atoms with Gasteiger partial charge in [-0.05, 0) is 31.4 Å². The van der Waals surface area contributed by atoms with E-state index in [-0.39, 0.29) is 0 Å². The predicted octanol–water partition coefficient (Wildman–Crippen LogP) is 3.58. The van der Waals surface area contributed by atoms with Gasteiger partial charge in [0.25, 0.3) is 0 Å². The number of nitrogens with one attached hydrogen (secondary N) is 1. The van der Waals surface area contributed by atoms with Crippen molar-refractivity contribution in [1.29, 1.82) is 0 Å². The molecule has 3 rings (SSSR count). The Bertz CT molecular complexity index is 814. The fraction of sp³-hybridized carbons (Fsp3) is 0.222. The summed E-state index contributed by atoms with van der Waals surface area (Å²) in [4.78, 5) is 6.56. The maximum absolute atomic E-state index is 5.72. The van der Waals surface area contributed by atoms with Gasteiger partial charge in [0, 0.05) is 12.1 Å². The van der Waals surface area contributed by atoms with Gasteiger partial charge in [-0.1, -0.05) is 48.5 Å². The first-order chi connectivity index (χ1) is 11.7. The van der Waals surface area contributed by atoms with Crippen molar-refractivity contribution in [2.75, 3.05) is 20.2 Å². The Morgan fingerprint density at radius 2 is 1.75 bits per heavy atom. The molecule has 2 aromatic carbocycles. The molecule has 1 N–H and O–H groups in total. The molecule has 1 aromatic heterocycles. The first-order valence-corrected chi connectivity index (χ1v) is 8.22. The predicted molar refractivity (Wildman–Crippen MR) is 97.4 cm³/mol. The van der Waals surface area contributed by atoms with E-state index in [2.05, 4.69) is 15.0 Å². The zero-order chi connectivity index (χ0) is 16.8. The lowest BCUT2D eigenvalue weighted by Gasteiger charge is -2.17. The van der Waals surface area contributed by atoms with Crippen molar-refractivity contribution in [1.82, 2.24) is 19.7 Å². The molecule has 5 nitrogen and oxygen atoms in total. The Morgan fingerprint density at radius 1 is 1.08 bits per heavy atom. The zero-order valence-electron chi connectivity index (χ0n) is 13.6. The van der Waals surface area contributed by atoms with E-state index in [1.54, 1.807) is 0 Å². The monoisotopic (exact) mass is 340 g/mol. The third-order valence-electron chi connectivity index (χ3n) is 3.59. The van der Waals surface area contributed by atoms with Gasteiger partial charge >= 0.3 is 0 Å². The summed E-state index contributed by atoms with van der Waals surface area (Å²) in [5, 5.41) is 3.26. The second-order valence-corrected chi connectivity index (χ2v) is 5.90. The quantitative estimate of drug-likeness (QED) is 0.668. The lowest BCUT2D eigenvalue weighted by Crippen LogP contribution is -2.27. The Balaban J connectivity index is 1.56. The fourth-order valence-electron chi connectivity index (χ4n) is 2.33. The van der Waals surface area contributed by atoms with Crippen molar-refractivity contribution in [3.05, 3.63) is 65.4 Å². The highest BCUT2D eigenvalue weighted by atomic mass is 32.1. The molecule has 0 bridgehead atoms. The molecule has 0 unspecified atom stereocenters. The van der Waals surface area contributed by atoms with Gasteiger partial charge in [0.2, 0.25) is 4.77 Å². The molecule has 1 heterocycles. The summed E-state index contributed by atoms with van der Waals surface area (Å²) in [5.41, 5.74) is 1.03. The van der Waals surface area contributed by atoms with Crippen molar-refractivity contribution < 1.29 is 4.74 Å². The van der Waals surface area contributed by atoms with E-state index in [1.807, 2.05) is 72.4 Å². The van der Waals surface area contributed by atoms with Crippen molar-refractivity contribution in [3.8, 4) is 17.1 Å². The van der Waals surface area contributed by atoms with Gasteiger partial charge in [-0.25, -0.2) is 4.68 Å². The lowest BCUT2D eigenvalue weighted by atomic mass is 10.2. The minimum Gasteiger partial charge on any atom is -0.492 e. The molecule has 0 spiro atoms. The van der Waals surface area contributed by atoms with Gasteiger partial charge in [0.05, 0.1) is 6.67 Å². The molecule has 0 aliphatic rings. The van der Waals surface area contributed by atoms with Crippen LogP contribution in [0.15, 0.2) is 60.7 Å². The number of rotatable bonds is 7. The molecule has 124 valence electrons. The van der Waals surface area contributed by atoms with Crippen LogP contribution in [-0.4, -0.2) is 39.9 Å². The van der Waals surface area contributed by atoms with Gasteiger partial charge in [-0.15, -0.1) is 0 Å². The molecule has 0 radical (unpaired) electrons. The van der Waals surface area contributed by atoms with Crippen LogP contribution in [0.1, 0.15) is 0 Å². The smallest absolute Gasteiger partial charge is 0.217 e. The van der Waals surface area contributed by atoms with Crippen LogP contribution in [0.2, 0.25) is 0 Å². The number of aromatic amines is 1. The SMILES string of the molecule is CN(CCOc1ccccc1)Cn1[nH]c(-c2ccccc2)nc1=S.